The van der Waals surface area contributed by atoms with Crippen molar-refractivity contribution in [1.29, 1.82) is 0 Å². The predicted molar refractivity (Wildman–Crippen MR) is 118 cm³/mol. The number of nitrogens with zero attached hydrogens (tertiary/aromatic N) is 2. The van der Waals surface area contributed by atoms with Gasteiger partial charge in [-0.1, -0.05) is 30.3 Å². The van der Waals surface area contributed by atoms with Crippen LogP contribution in [0.15, 0.2) is 59.5 Å². The molecular formula is C23H25N5O. The number of benzene rings is 2. The van der Waals surface area contributed by atoms with Crippen molar-refractivity contribution in [2.45, 2.75) is 18.8 Å². The number of hydrogen-bond donors (Lipinski definition) is 3. The number of likely N-dealkylation sites (tertiary alicyclic amines) is 1. The Labute approximate surface area is 169 Å². The summed E-state index contributed by atoms with van der Waals surface area (Å²) < 4.78 is 0. The van der Waals surface area contributed by atoms with Crippen LogP contribution in [0.5, 0.6) is 0 Å². The second kappa shape index (κ2) is 7.72. The van der Waals surface area contributed by atoms with E-state index in [2.05, 4.69) is 55.6 Å². The minimum Gasteiger partial charge on any atom is -0.361 e. The molecule has 6 heteroatoms. The minimum absolute atomic E-state index is 0.0980. The van der Waals surface area contributed by atoms with Crippen LogP contribution in [0.4, 0.5) is 5.95 Å². The lowest BCUT2D eigenvalue weighted by molar-refractivity contribution is 0.333. The summed E-state index contributed by atoms with van der Waals surface area (Å²) in [4.78, 5) is 25.4. The molecule has 2 aromatic heterocycles. The monoisotopic (exact) mass is 387 g/mol. The van der Waals surface area contributed by atoms with Crippen LogP contribution in [0, 0.1) is 0 Å². The first-order valence-electron chi connectivity index (χ1n) is 10.3. The molecule has 1 aliphatic heterocycles. The maximum Gasteiger partial charge on any atom is 0.260 e. The number of hydrogen-bond acceptors (Lipinski definition) is 4. The zero-order chi connectivity index (χ0) is 19.6. The SMILES string of the molecule is O=c1[nH]c(NCCCN2CCC(c3c[nH]c4ccccc34)C2)nc2ccccc12. The van der Waals surface area contributed by atoms with Crippen LogP contribution in [0.2, 0.25) is 0 Å². The molecule has 3 N–H and O–H groups in total. The summed E-state index contributed by atoms with van der Waals surface area (Å²) in [5.41, 5.74) is 3.29. The van der Waals surface area contributed by atoms with Gasteiger partial charge in [-0.25, -0.2) is 4.98 Å². The lowest BCUT2D eigenvalue weighted by Crippen LogP contribution is -2.24. The Kier molecular flexibility index (Phi) is 4.77. The molecule has 6 nitrogen and oxygen atoms in total. The first-order chi connectivity index (χ1) is 14.3. The Morgan fingerprint density at radius 1 is 1.10 bits per heavy atom. The van der Waals surface area contributed by atoms with Gasteiger partial charge in [0.2, 0.25) is 5.95 Å². The highest BCUT2D eigenvalue weighted by molar-refractivity contribution is 5.83. The van der Waals surface area contributed by atoms with Crippen LogP contribution >= 0.6 is 0 Å². The Morgan fingerprint density at radius 2 is 1.93 bits per heavy atom. The van der Waals surface area contributed by atoms with Gasteiger partial charge in [0.25, 0.3) is 5.56 Å². The minimum atomic E-state index is -0.0980. The third-order valence-electron chi connectivity index (χ3n) is 5.89. The summed E-state index contributed by atoms with van der Waals surface area (Å²) in [6, 6.07) is 16.0. The smallest absolute Gasteiger partial charge is 0.260 e. The van der Waals surface area contributed by atoms with Gasteiger partial charge in [0, 0.05) is 30.2 Å². The van der Waals surface area contributed by atoms with Gasteiger partial charge in [-0.15, -0.1) is 0 Å². The average molecular weight is 387 g/mol. The average Bonchev–Trinajstić information content (AvgIpc) is 3.38. The van der Waals surface area contributed by atoms with Crippen LogP contribution in [0.3, 0.4) is 0 Å². The van der Waals surface area contributed by atoms with Gasteiger partial charge in [0.05, 0.1) is 10.9 Å². The van der Waals surface area contributed by atoms with E-state index in [1.165, 1.54) is 22.9 Å². The second-order valence-corrected chi connectivity index (χ2v) is 7.79. The van der Waals surface area contributed by atoms with Crippen molar-refractivity contribution < 1.29 is 0 Å². The van der Waals surface area contributed by atoms with Gasteiger partial charge in [-0.3, -0.25) is 9.78 Å². The summed E-state index contributed by atoms with van der Waals surface area (Å²) in [5, 5.41) is 5.24. The molecule has 0 bridgehead atoms. The first-order valence-corrected chi connectivity index (χ1v) is 10.3. The zero-order valence-corrected chi connectivity index (χ0v) is 16.3. The molecule has 1 saturated heterocycles. The topological polar surface area (TPSA) is 76.8 Å². The van der Waals surface area contributed by atoms with E-state index in [0.717, 1.165) is 38.1 Å². The van der Waals surface area contributed by atoms with Crippen LogP contribution in [0.1, 0.15) is 24.3 Å². The number of nitrogens with one attached hydrogen (secondary N) is 3. The van der Waals surface area contributed by atoms with Crippen molar-refractivity contribution in [3.63, 3.8) is 0 Å². The van der Waals surface area contributed by atoms with Crippen LogP contribution < -0.4 is 10.9 Å². The fourth-order valence-electron chi connectivity index (χ4n) is 4.40. The van der Waals surface area contributed by atoms with Crippen molar-refractivity contribution in [1.82, 2.24) is 19.9 Å². The summed E-state index contributed by atoms with van der Waals surface area (Å²) in [6.07, 6.45) is 4.40. The molecule has 0 radical (unpaired) electrons. The number of aromatic nitrogens is 3. The molecule has 1 fully saturated rings. The molecule has 0 spiro atoms. The number of para-hydroxylation sites is 2. The quantitative estimate of drug-likeness (QED) is 0.441. The van der Waals surface area contributed by atoms with E-state index in [9.17, 15) is 4.79 Å². The Bertz CT molecular complexity index is 1190. The third kappa shape index (κ3) is 3.63. The highest BCUT2D eigenvalue weighted by Crippen LogP contribution is 2.32. The van der Waals surface area contributed by atoms with Gasteiger partial charge < -0.3 is 15.2 Å². The largest absolute Gasteiger partial charge is 0.361 e. The number of fused-ring (bicyclic) bond motifs is 2. The Morgan fingerprint density at radius 3 is 2.86 bits per heavy atom. The molecular weight excluding hydrogens is 362 g/mol. The zero-order valence-electron chi connectivity index (χ0n) is 16.3. The molecule has 5 rings (SSSR count). The third-order valence-corrected chi connectivity index (χ3v) is 5.89. The highest BCUT2D eigenvalue weighted by atomic mass is 16.1. The lowest BCUT2D eigenvalue weighted by Gasteiger charge is -2.16. The molecule has 29 heavy (non-hydrogen) atoms. The fraction of sp³-hybridized carbons (Fsp3) is 0.304. The lowest BCUT2D eigenvalue weighted by atomic mass is 9.98. The van der Waals surface area contributed by atoms with E-state index in [1.54, 1.807) is 6.07 Å². The summed E-state index contributed by atoms with van der Waals surface area (Å²) in [6.45, 7) is 4.07. The fourth-order valence-corrected chi connectivity index (χ4v) is 4.40. The molecule has 3 heterocycles. The molecule has 148 valence electrons. The standard InChI is InChI=1S/C23H25N5O/c29-22-18-7-2-4-9-21(18)26-23(27-22)24-11-5-12-28-13-10-16(15-28)19-14-25-20-8-3-1-6-17(19)20/h1-4,6-9,14,16,25H,5,10-13,15H2,(H2,24,26,27,29). The molecule has 0 saturated carbocycles. The van der Waals surface area contributed by atoms with Gasteiger partial charge in [0.1, 0.15) is 0 Å². The van der Waals surface area contributed by atoms with Crippen molar-refractivity contribution in [3.05, 3.63) is 70.6 Å². The van der Waals surface area contributed by atoms with Crippen molar-refractivity contribution in [3.8, 4) is 0 Å². The van der Waals surface area contributed by atoms with E-state index in [-0.39, 0.29) is 5.56 Å². The Balaban J connectivity index is 1.15. The highest BCUT2D eigenvalue weighted by Gasteiger charge is 2.25. The first kappa shape index (κ1) is 17.9. The van der Waals surface area contributed by atoms with E-state index >= 15 is 0 Å². The van der Waals surface area contributed by atoms with Crippen molar-refractivity contribution in [2.24, 2.45) is 0 Å². The van der Waals surface area contributed by atoms with Crippen LogP contribution in [-0.4, -0.2) is 46.0 Å². The van der Waals surface area contributed by atoms with Gasteiger partial charge in [-0.05, 0) is 55.6 Å². The maximum atomic E-state index is 12.1. The number of anilines is 1. The molecule has 1 unspecified atom stereocenters. The van der Waals surface area contributed by atoms with E-state index < -0.39 is 0 Å². The van der Waals surface area contributed by atoms with Gasteiger partial charge in [0.15, 0.2) is 0 Å². The molecule has 1 aliphatic rings. The Hall–Kier alpha value is -3.12. The summed E-state index contributed by atoms with van der Waals surface area (Å²) >= 11 is 0. The summed E-state index contributed by atoms with van der Waals surface area (Å²) in [5.74, 6) is 1.14. The van der Waals surface area contributed by atoms with Crippen LogP contribution in [0.25, 0.3) is 21.8 Å². The van der Waals surface area contributed by atoms with E-state index in [1.807, 2.05) is 18.2 Å². The number of aromatic amines is 2. The molecule has 4 aromatic rings. The van der Waals surface area contributed by atoms with Crippen LogP contribution in [-0.2, 0) is 0 Å². The maximum absolute atomic E-state index is 12.1. The van der Waals surface area contributed by atoms with Crippen molar-refractivity contribution >= 4 is 27.8 Å². The normalized spacial score (nSPS) is 17.3. The molecule has 0 aliphatic carbocycles. The van der Waals surface area contributed by atoms with Crippen molar-refractivity contribution in [2.75, 3.05) is 31.5 Å². The van der Waals surface area contributed by atoms with E-state index in [0.29, 0.717) is 17.3 Å². The molecule has 2 aromatic carbocycles. The van der Waals surface area contributed by atoms with E-state index in [4.69, 9.17) is 0 Å². The van der Waals surface area contributed by atoms with Gasteiger partial charge in [-0.2, -0.15) is 0 Å². The van der Waals surface area contributed by atoms with Gasteiger partial charge >= 0.3 is 0 Å². The number of H-pyrrole nitrogens is 2. The number of rotatable bonds is 6. The second-order valence-electron chi connectivity index (χ2n) is 7.79. The summed E-state index contributed by atoms with van der Waals surface area (Å²) in [7, 11) is 0. The predicted octanol–water partition coefficient (Wildman–Crippen LogP) is 3.70. The molecule has 0 amide bonds. The molecule has 1 atom stereocenters.